The number of carbonyl (C=O) groups excluding carboxylic acids is 2. The second kappa shape index (κ2) is 11.5. The number of likely N-dealkylation sites (tertiary alicyclic amines) is 1. The van der Waals surface area contributed by atoms with Gasteiger partial charge in [0.15, 0.2) is 0 Å². The molecular weight excluding hydrogens is 394 g/mol. The largest absolute Gasteiger partial charge is 0.490 e. The number of aromatic nitrogens is 1. The fourth-order valence-corrected chi connectivity index (χ4v) is 3.71. The molecule has 1 saturated heterocycles. The number of piperidine rings is 1. The maximum atomic E-state index is 12.6. The number of hydrogen-bond acceptors (Lipinski definition) is 5. The Kier molecular flexibility index (Phi) is 8.41. The minimum absolute atomic E-state index is 0.0526. The SMILES string of the molecule is CC[C@H](NC(=O)c1ccc(OC2CCN(C(=O)CCOC)CC2)cc1)c1ccncc1. The zero-order valence-electron chi connectivity index (χ0n) is 18.3. The molecule has 1 atom stereocenters. The van der Waals surface area contributed by atoms with Crippen molar-refractivity contribution < 1.29 is 19.1 Å². The van der Waals surface area contributed by atoms with Gasteiger partial charge in [-0.15, -0.1) is 0 Å². The van der Waals surface area contributed by atoms with Crippen LogP contribution in [0.1, 0.15) is 54.6 Å². The Morgan fingerprint density at radius 3 is 2.42 bits per heavy atom. The highest BCUT2D eigenvalue weighted by molar-refractivity contribution is 5.94. The van der Waals surface area contributed by atoms with E-state index in [1.807, 2.05) is 36.1 Å². The Bertz CT molecular complexity index is 834. The topological polar surface area (TPSA) is 80.8 Å². The van der Waals surface area contributed by atoms with Crippen LogP contribution in [0.5, 0.6) is 5.75 Å². The van der Waals surface area contributed by atoms with Crippen LogP contribution in [0, 0.1) is 0 Å². The summed E-state index contributed by atoms with van der Waals surface area (Å²) in [5.74, 6) is 0.757. The van der Waals surface area contributed by atoms with Gasteiger partial charge >= 0.3 is 0 Å². The van der Waals surface area contributed by atoms with Crippen LogP contribution in [0.15, 0.2) is 48.8 Å². The van der Waals surface area contributed by atoms with Crippen molar-refractivity contribution in [2.75, 3.05) is 26.8 Å². The fourth-order valence-electron chi connectivity index (χ4n) is 3.71. The molecule has 2 aromatic rings. The van der Waals surface area contributed by atoms with Crippen LogP contribution in [0.25, 0.3) is 0 Å². The van der Waals surface area contributed by atoms with Crippen LogP contribution in [-0.4, -0.2) is 54.6 Å². The Labute approximate surface area is 183 Å². The minimum atomic E-state index is -0.113. The summed E-state index contributed by atoms with van der Waals surface area (Å²) in [7, 11) is 1.60. The van der Waals surface area contributed by atoms with Crippen molar-refractivity contribution in [3.63, 3.8) is 0 Å². The maximum Gasteiger partial charge on any atom is 0.251 e. The summed E-state index contributed by atoms with van der Waals surface area (Å²) in [6, 6.07) is 11.0. The lowest BCUT2D eigenvalue weighted by atomic mass is 10.1. The lowest BCUT2D eigenvalue weighted by Gasteiger charge is -2.32. The molecule has 0 unspecified atom stereocenters. The summed E-state index contributed by atoms with van der Waals surface area (Å²) in [4.78, 5) is 30.6. The van der Waals surface area contributed by atoms with Crippen molar-refractivity contribution in [3.05, 3.63) is 59.9 Å². The first kappa shape index (κ1) is 22.7. The number of hydrogen-bond donors (Lipinski definition) is 1. The number of nitrogens with one attached hydrogen (secondary N) is 1. The number of nitrogens with zero attached hydrogens (tertiary/aromatic N) is 2. The van der Waals surface area contributed by atoms with Gasteiger partial charge in [-0.1, -0.05) is 6.92 Å². The van der Waals surface area contributed by atoms with Crippen LogP contribution < -0.4 is 10.1 Å². The van der Waals surface area contributed by atoms with Gasteiger partial charge in [0.1, 0.15) is 11.9 Å². The number of benzene rings is 1. The van der Waals surface area contributed by atoms with Gasteiger partial charge in [0.05, 0.1) is 19.1 Å². The Balaban J connectivity index is 1.49. The van der Waals surface area contributed by atoms with Crippen molar-refractivity contribution in [2.45, 2.75) is 44.8 Å². The van der Waals surface area contributed by atoms with Gasteiger partial charge in [0.2, 0.25) is 5.91 Å². The van der Waals surface area contributed by atoms with Gasteiger partial charge in [-0.3, -0.25) is 14.6 Å². The van der Waals surface area contributed by atoms with Gasteiger partial charge in [-0.05, 0) is 48.4 Å². The first-order chi connectivity index (χ1) is 15.1. The number of pyridine rings is 1. The molecule has 1 aliphatic heterocycles. The average molecular weight is 426 g/mol. The molecule has 7 heteroatoms. The maximum absolute atomic E-state index is 12.6. The van der Waals surface area contributed by atoms with Crippen LogP contribution in [0.3, 0.4) is 0 Å². The highest BCUT2D eigenvalue weighted by Gasteiger charge is 2.23. The van der Waals surface area contributed by atoms with Crippen molar-refractivity contribution in [1.82, 2.24) is 15.2 Å². The summed E-state index contributed by atoms with van der Waals surface area (Å²) in [6.45, 7) is 3.89. The second-order valence-corrected chi connectivity index (χ2v) is 7.68. The van der Waals surface area contributed by atoms with E-state index in [0.29, 0.717) is 31.7 Å². The van der Waals surface area contributed by atoms with Crippen LogP contribution in [0.4, 0.5) is 0 Å². The Morgan fingerprint density at radius 1 is 1.13 bits per heavy atom. The van der Waals surface area contributed by atoms with Crippen molar-refractivity contribution >= 4 is 11.8 Å². The highest BCUT2D eigenvalue weighted by Crippen LogP contribution is 2.21. The molecule has 1 aromatic heterocycles. The van der Waals surface area contributed by atoms with Crippen molar-refractivity contribution in [2.24, 2.45) is 0 Å². The summed E-state index contributed by atoms with van der Waals surface area (Å²) in [5, 5.41) is 3.08. The van der Waals surface area contributed by atoms with Crippen LogP contribution >= 0.6 is 0 Å². The smallest absolute Gasteiger partial charge is 0.251 e. The number of rotatable bonds is 9. The third-order valence-corrected chi connectivity index (χ3v) is 5.56. The average Bonchev–Trinajstić information content (AvgIpc) is 2.82. The van der Waals surface area contributed by atoms with Gasteiger partial charge in [0.25, 0.3) is 5.91 Å². The number of ether oxygens (including phenoxy) is 2. The third-order valence-electron chi connectivity index (χ3n) is 5.56. The van der Waals surface area contributed by atoms with E-state index in [1.54, 1.807) is 31.6 Å². The van der Waals surface area contributed by atoms with E-state index < -0.39 is 0 Å². The number of amides is 2. The summed E-state index contributed by atoms with van der Waals surface area (Å²) in [5.41, 5.74) is 1.64. The molecule has 1 fully saturated rings. The molecule has 3 rings (SSSR count). The highest BCUT2D eigenvalue weighted by atomic mass is 16.5. The minimum Gasteiger partial charge on any atom is -0.490 e. The summed E-state index contributed by atoms with van der Waals surface area (Å²) >= 11 is 0. The van der Waals surface area contributed by atoms with Crippen LogP contribution in [0.2, 0.25) is 0 Å². The van der Waals surface area contributed by atoms with Crippen molar-refractivity contribution in [1.29, 1.82) is 0 Å². The lowest BCUT2D eigenvalue weighted by molar-refractivity contribution is -0.133. The molecule has 1 aromatic carbocycles. The van der Waals surface area contributed by atoms with E-state index in [9.17, 15) is 9.59 Å². The normalized spacial score (nSPS) is 15.4. The molecular formula is C24H31N3O4. The molecule has 31 heavy (non-hydrogen) atoms. The summed E-state index contributed by atoms with van der Waals surface area (Å²) < 4.78 is 11.0. The van der Waals surface area contributed by atoms with E-state index in [0.717, 1.165) is 30.6 Å². The van der Waals surface area contributed by atoms with Gasteiger partial charge < -0.3 is 19.7 Å². The molecule has 0 aliphatic carbocycles. The molecule has 2 amide bonds. The third kappa shape index (κ3) is 6.52. The van der Waals surface area contributed by atoms with Gasteiger partial charge in [-0.2, -0.15) is 0 Å². The Hall–Kier alpha value is -2.93. The monoisotopic (exact) mass is 425 g/mol. The zero-order chi connectivity index (χ0) is 22.1. The van der Waals surface area contributed by atoms with E-state index in [2.05, 4.69) is 10.3 Å². The first-order valence-corrected chi connectivity index (χ1v) is 10.8. The molecule has 2 heterocycles. The van der Waals surface area contributed by atoms with Gasteiger partial charge in [0, 0.05) is 51.0 Å². The van der Waals surface area contributed by atoms with E-state index in [-0.39, 0.29) is 24.0 Å². The first-order valence-electron chi connectivity index (χ1n) is 10.8. The Morgan fingerprint density at radius 2 is 1.81 bits per heavy atom. The predicted octanol–water partition coefficient (Wildman–Crippen LogP) is 3.37. The lowest BCUT2D eigenvalue weighted by Crippen LogP contribution is -2.42. The van der Waals surface area contributed by atoms with E-state index >= 15 is 0 Å². The number of methoxy groups -OCH3 is 1. The standard InChI is InChI=1S/C24H31N3O4/c1-3-22(18-8-13-25-14-9-18)26-24(29)19-4-6-20(7-5-19)31-21-10-15-27(16-11-21)23(28)12-17-30-2/h4-9,13-14,21-22H,3,10-12,15-17H2,1-2H3,(H,26,29)/t22-/m0/s1. The molecule has 166 valence electrons. The molecule has 1 N–H and O–H groups in total. The number of carbonyl (C=O) groups is 2. The molecule has 0 spiro atoms. The molecule has 0 radical (unpaired) electrons. The van der Waals surface area contributed by atoms with Crippen LogP contribution in [-0.2, 0) is 9.53 Å². The summed E-state index contributed by atoms with van der Waals surface area (Å²) in [6.07, 6.45) is 6.35. The quantitative estimate of drug-likeness (QED) is 0.666. The predicted molar refractivity (Wildman–Crippen MR) is 118 cm³/mol. The fraction of sp³-hybridized carbons (Fsp3) is 0.458. The second-order valence-electron chi connectivity index (χ2n) is 7.68. The molecule has 7 nitrogen and oxygen atoms in total. The van der Waals surface area contributed by atoms with Gasteiger partial charge in [-0.25, -0.2) is 0 Å². The molecule has 1 aliphatic rings. The van der Waals surface area contributed by atoms with E-state index in [4.69, 9.17) is 9.47 Å². The zero-order valence-corrected chi connectivity index (χ0v) is 18.3. The van der Waals surface area contributed by atoms with Crippen molar-refractivity contribution in [3.8, 4) is 5.75 Å². The van der Waals surface area contributed by atoms with E-state index in [1.165, 1.54) is 0 Å². The molecule has 0 bridgehead atoms. The molecule has 0 saturated carbocycles.